The number of hydrogen-bond donors (Lipinski definition) is 3. The number of H-pyrrole nitrogens is 1. The summed E-state index contributed by atoms with van der Waals surface area (Å²) in [5.74, 6) is 0.689. The Labute approximate surface area is 80.8 Å². The van der Waals surface area contributed by atoms with Crippen LogP contribution in [0.1, 0.15) is 12.0 Å². The Balaban J connectivity index is 2.64. The fraction of sp³-hybridized carbons (Fsp3) is 0.200. The lowest BCUT2D eigenvalue weighted by Crippen LogP contribution is -1.93. The third-order valence-corrected chi connectivity index (χ3v) is 2.14. The van der Waals surface area contributed by atoms with E-state index in [0.29, 0.717) is 11.4 Å². The number of ether oxygens (including phenoxy) is 1. The molecule has 4 heteroatoms. The summed E-state index contributed by atoms with van der Waals surface area (Å²) in [5.41, 5.74) is 1.14. The Morgan fingerprint density at radius 1 is 1.36 bits per heavy atom. The first-order valence-corrected chi connectivity index (χ1v) is 4.24. The van der Waals surface area contributed by atoms with Gasteiger partial charge in [0.05, 0.1) is 18.3 Å². The van der Waals surface area contributed by atoms with Gasteiger partial charge in [-0.1, -0.05) is 12.1 Å². The summed E-state index contributed by atoms with van der Waals surface area (Å²) in [6.07, 6.45) is -1.48. The molecular formula is C10H11NO3. The normalized spacial score (nSPS) is 11.1. The predicted octanol–water partition coefficient (Wildman–Crippen LogP) is 1.16. The molecule has 0 spiro atoms. The van der Waals surface area contributed by atoms with Gasteiger partial charge in [0.1, 0.15) is 5.75 Å². The molecule has 0 bridgehead atoms. The predicted molar refractivity (Wildman–Crippen MR) is 52.0 cm³/mol. The van der Waals surface area contributed by atoms with Crippen molar-refractivity contribution in [2.24, 2.45) is 0 Å². The van der Waals surface area contributed by atoms with Crippen LogP contribution in [0.25, 0.3) is 10.9 Å². The van der Waals surface area contributed by atoms with Gasteiger partial charge in [0, 0.05) is 5.39 Å². The Morgan fingerprint density at radius 2 is 2.14 bits per heavy atom. The van der Waals surface area contributed by atoms with Crippen LogP contribution in [0.2, 0.25) is 0 Å². The van der Waals surface area contributed by atoms with Crippen molar-refractivity contribution in [3.8, 4) is 5.75 Å². The van der Waals surface area contributed by atoms with E-state index in [4.69, 9.17) is 14.9 Å². The summed E-state index contributed by atoms with van der Waals surface area (Å²) in [6.45, 7) is 0. The second-order valence-electron chi connectivity index (χ2n) is 3.02. The highest BCUT2D eigenvalue weighted by molar-refractivity contribution is 5.86. The number of aromatic amines is 1. The minimum Gasteiger partial charge on any atom is -0.495 e. The van der Waals surface area contributed by atoms with E-state index < -0.39 is 6.29 Å². The summed E-state index contributed by atoms with van der Waals surface area (Å²) in [4.78, 5) is 2.89. The van der Waals surface area contributed by atoms with Gasteiger partial charge in [-0.3, -0.25) is 0 Å². The van der Waals surface area contributed by atoms with Gasteiger partial charge in [0.2, 0.25) is 0 Å². The molecule has 0 aliphatic rings. The Bertz CT molecular complexity index is 448. The molecule has 0 saturated carbocycles. The van der Waals surface area contributed by atoms with Gasteiger partial charge < -0.3 is 19.9 Å². The van der Waals surface area contributed by atoms with Crippen molar-refractivity contribution in [3.05, 3.63) is 30.0 Å². The van der Waals surface area contributed by atoms with Crippen LogP contribution in [0.5, 0.6) is 5.75 Å². The molecule has 0 atom stereocenters. The Kier molecular flexibility index (Phi) is 2.15. The lowest BCUT2D eigenvalue weighted by Gasteiger charge is -2.00. The number of para-hydroxylation sites is 1. The van der Waals surface area contributed by atoms with Crippen LogP contribution in [0.3, 0.4) is 0 Å². The molecule has 0 aliphatic heterocycles. The maximum Gasteiger partial charge on any atom is 0.193 e. The van der Waals surface area contributed by atoms with Gasteiger partial charge in [-0.2, -0.15) is 0 Å². The zero-order valence-corrected chi connectivity index (χ0v) is 7.69. The highest BCUT2D eigenvalue weighted by Crippen LogP contribution is 2.26. The maximum atomic E-state index is 8.97. The van der Waals surface area contributed by atoms with E-state index in [-0.39, 0.29) is 0 Å². The van der Waals surface area contributed by atoms with E-state index >= 15 is 0 Å². The first-order valence-electron chi connectivity index (χ1n) is 4.24. The summed E-state index contributed by atoms with van der Waals surface area (Å²) in [5, 5.41) is 18.8. The SMILES string of the molecule is COc1cccc2cc(C(O)O)[nH]c12. The molecule has 0 fully saturated rings. The third kappa shape index (κ3) is 1.34. The lowest BCUT2D eigenvalue weighted by atomic mass is 10.2. The average Bonchev–Trinajstić information content (AvgIpc) is 2.60. The standard InChI is InChI=1S/C10H11NO3/c1-14-8-4-2-3-6-5-7(10(12)13)11-9(6)8/h2-5,10-13H,1H3. The van der Waals surface area contributed by atoms with E-state index in [9.17, 15) is 0 Å². The van der Waals surface area contributed by atoms with Gasteiger partial charge in [-0.25, -0.2) is 0 Å². The summed E-state index contributed by atoms with van der Waals surface area (Å²) >= 11 is 0. The quantitative estimate of drug-likeness (QED) is 0.627. The van der Waals surface area contributed by atoms with E-state index in [1.807, 2.05) is 18.2 Å². The molecule has 1 aromatic carbocycles. The molecule has 0 aliphatic carbocycles. The molecule has 0 amide bonds. The molecule has 4 nitrogen and oxygen atoms in total. The van der Waals surface area contributed by atoms with E-state index in [1.165, 1.54) is 0 Å². The second kappa shape index (κ2) is 3.32. The number of aliphatic hydroxyl groups excluding tert-OH is 1. The van der Waals surface area contributed by atoms with Gasteiger partial charge in [0.15, 0.2) is 6.29 Å². The number of fused-ring (bicyclic) bond motifs is 1. The molecule has 2 aromatic rings. The number of methoxy groups -OCH3 is 1. The number of benzene rings is 1. The van der Waals surface area contributed by atoms with E-state index in [1.54, 1.807) is 13.2 Å². The monoisotopic (exact) mass is 193 g/mol. The third-order valence-electron chi connectivity index (χ3n) is 2.14. The van der Waals surface area contributed by atoms with Crippen LogP contribution in [0.4, 0.5) is 0 Å². The van der Waals surface area contributed by atoms with Crippen molar-refractivity contribution >= 4 is 10.9 Å². The number of hydrogen-bond acceptors (Lipinski definition) is 3. The average molecular weight is 193 g/mol. The van der Waals surface area contributed by atoms with Crippen LogP contribution in [-0.4, -0.2) is 22.3 Å². The highest BCUT2D eigenvalue weighted by atomic mass is 16.5. The smallest absolute Gasteiger partial charge is 0.193 e. The molecule has 14 heavy (non-hydrogen) atoms. The fourth-order valence-corrected chi connectivity index (χ4v) is 1.46. The topological polar surface area (TPSA) is 65.5 Å². The minimum absolute atomic E-state index is 0.365. The fourth-order valence-electron chi connectivity index (χ4n) is 1.46. The van der Waals surface area contributed by atoms with Crippen molar-refractivity contribution in [2.75, 3.05) is 7.11 Å². The van der Waals surface area contributed by atoms with Crippen molar-refractivity contribution in [2.45, 2.75) is 6.29 Å². The summed E-state index contributed by atoms with van der Waals surface area (Å²) in [7, 11) is 1.57. The molecule has 0 saturated heterocycles. The lowest BCUT2D eigenvalue weighted by molar-refractivity contribution is -0.0453. The Hall–Kier alpha value is -1.52. The number of nitrogens with one attached hydrogen (secondary N) is 1. The van der Waals surface area contributed by atoms with Crippen LogP contribution >= 0.6 is 0 Å². The minimum atomic E-state index is -1.48. The van der Waals surface area contributed by atoms with Gasteiger partial charge in [-0.05, 0) is 12.1 Å². The van der Waals surface area contributed by atoms with Crippen molar-refractivity contribution < 1.29 is 14.9 Å². The number of aliphatic hydroxyl groups is 2. The largest absolute Gasteiger partial charge is 0.495 e. The molecule has 0 radical (unpaired) electrons. The molecule has 0 unspecified atom stereocenters. The zero-order valence-electron chi connectivity index (χ0n) is 7.69. The molecule has 3 N–H and O–H groups in total. The highest BCUT2D eigenvalue weighted by Gasteiger charge is 2.09. The number of aromatic nitrogens is 1. The first-order chi connectivity index (χ1) is 6.72. The number of rotatable bonds is 2. The first kappa shape index (κ1) is 9.05. The molecule has 2 rings (SSSR count). The van der Waals surface area contributed by atoms with Crippen LogP contribution in [0, 0.1) is 0 Å². The van der Waals surface area contributed by atoms with E-state index in [0.717, 1.165) is 10.9 Å². The summed E-state index contributed by atoms with van der Waals surface area (Å²) < 4.78 is 5.13. The zero-order chi connectivity index (χ0) is 10.1. The maximum absolute atomic E-state index is 8.97. The molecule has 1 heterocycles. The summed E-state index contributed by atoms with van der Waals surface area (Å²) in [6, 6.07) is 7.22. The van der Waals surface area contributed by atoms with Crippen molar-refractivity contribution in [1.82, 2.24) is 4.98 Å². The van der Waals surface area contributed by atoms with Gasteiger partial charge in [0.25, 0.3) is 0 Å². The molecule has 74 valence electrons. The van der Waals surface area contributed by atoms with Gasteiger partial charge in [-0.15, -0.1) is 0 Å². The van der Waals surface area contributed by atoms with Crippen molar-refractivity contribution in [3.63, 3.8) is 0 Å². The second-order valence-corrected chi connectivity index (χ2v) is 3.02. The van der Waals surface area contributed by atoms with Crippen LogP contribution in [0.15, 0.2) is 24.3 Å². The van der Waals surface area contributed by atoms with Gasteiger partial charge >= 0.3 is 0 Å². The van der Waals surface area contributed by atoms with E-state index in [2.05, 4.69) is 4.98 Å². The van der Waals surface area contributed by atoms with Crippen molar-refractivity contribution in [1.29, 1.82) is 0 Å². The molecule has 1 aromatic heterocycles. The Morgan fingerprint density at radius 3 is 2.79 bits per heavy atom. The molecular weight excluding hydrogens is 182 g/mol. The van der Waals surface area contributed by atoms with Crippen LogP contribution < -0.4 is 4.74 Å². The van der Waals surface area contributed by atoms with Crippen LogP contribution in [-0.2, 0) is 0 Å².